The molecule has 1 heterocycles. The molecule has 1 fully saturated rings. The minimum absolute atomic E-state index is 0.235. The Morgan fingerprint density at radius 1 is 1.21 bits per heavy atom. The largest absolute Gasteiger partial charge is 0.494 e. The molecule has 0 spiro atoms. The van der Waals surface area contributed by atoms with Gasteiger partial charge in [0.2, 0.25) is 0 Å². The summed E-state index contributed by atoms with van der Waals surface area (Å²) < 4.78 is 10.9. The lowest BCUT2D eigenvalue weighted by atomic mass is 10.1. The molecular weight excluding hydrogens is 368 g/mol. The third-order valence-electron chi connectivity index (χ3n) is 4.95. The average Bonchev–Trinajstić information content (AvgIpc) is 2.74. The van der Waals surface area contributed by atoms with Crippen molar-refractivity contribution in [2.45, 2.75) is 32.2 Å². The molecule has 0 aromatic heterocycles. The number of likely N-dealkylation sites (tertiary alicyclic amines) is 1. The van der Waals surface area contributed by atoms with Gasteiger partial charge >= 0.3 is 6.09 Å². The molecule has 0 saturated carbocycles. The maximum Gasteiger partial charge on any atom is 0.409 e. The highest BCUT2D eigenvalue weighted by Gasteiger charge is 2.23. The number of fused-ring (bicyclic) bond motifs is 1. The van der Waals surface area contributed by atoms with E-state index in [-0.39, 0.29) is 12.1 Å². The third-order valence-corrected chi connectivity index (χ3v) is 4.95. The summed E-state index contributed by atoms with van der Waals surface area (Å²) in [6, 6.07) is 14.6. The van der Waals surface area contributed by atoms with Crippen molar-refractivity contribution < 1.29 is 14.3 Å². The first-order chi connectivity index (χ1) is 14.2. The molecule has 7 nitrogen and oxygen atoms in total. The van der Waals surface area contributed by atoms with Crippen LogP contribution in [0.5, 0.6) is 5.75 Å². The van der Waals surface area contributed by atoms with E-state index in [4.69, 9.17) is 15.2 Å². The first kappa shape index (κ1) is 20.8. The van der Waals surface area contributed by atoms with Crippen LogP contribution in [0.3, 0.4) is 0 Å². The molecule has 29 heavy (non-hydrogen) atoms. The van der Waals surface area contributed by atoms with Gasteiger partial charge in [0.15, 0.2) is 5.96 Å². The molecule has 1 aliphatic heterocycles. The summed E-state index contributed by atoms with van der Waals surface area (Å²) in [5.74, 6) is 1.32. The second kappa shape index (κ2) is 10.5. The van der Waals surface area contributed by atoms with Crippen LogP contribution in [0, 0.1) is 0 Å². The van der Waals surface area contributed by atoms with E-state index in [1.165, 1.54) is 10.8 Å². The lowest BCUT2D eigenvalue weighted by molar-refractivity contribution is 0.0963. The number of piperidine rings is 1. The van der Waals surface area contributed by atoms with Crippen LogP contribution in [0.2, 0.25) is 0 Å². The van der Waals surface area contributed by atoms with E-state index in [0.717, 1.165) is 25.0 Å². The van der Waals surface area contributed by atoms with Gasteiger partial charge in [-0.2, -0.15) is 0 Å². The molecule has 1 amide bonds. The van der Waals surface area contributed by atoms with Crippen LogP contribution in [0.15, 0.2) is 47.5 Å². The number of benzene rings is 2. The van der Waals surface area contributed by atoms with Gasteiger partial charge < -0.3 is 25.4 Å². The van der Waals surface area contributed by atoms with Crippen LogP contribution in [0.1, 0.15) is 26.2 Å². The molecule has 0 bridgehead atoms. The second-order valence-electron chi connectivity index (χ2n) is 7.08. The molecule has 3 rings (SSSR count). The molecule has 2 aromatic carbocycles. The number of amides is 1. The van der Waals surface area contributed by atoms with Gasteiger partial charge in [0.05, 0.1) is 13.2 Å². The number of guanidine groups is 1. The monoisotopic (exact) mass is 398 g/mol. The highest BCUT2D eigenvalue weighted by molar-refractivity contribution is 5.83. The van der Waals surface area contributed by atoms with Crippen LogP contribution in [-0.4, -0.2) is 55.8 Å². The fourth-order valence-corrected chi connectivity index (χ4v) is 3.39. The molecule has 0 atom stereocenters. The Labute approximate surface area is 171 Å². The van der Waals surface area contributed by atoms with Crippen LogP contribution < -0.4 is 15.8 Å². The zero-order valence-corrected chi connectivity index (χ0v) is 17.0. The summed E-state index contributed by atoms with van der Waals surface area (Å²) in [6.45, 7) is 4.76. The maximum absolute atomic E-state index is 11.7. The van der Waals surface area contributed by atoms with Crippen molar-refractivity contribution in [1.82, 2.24) is 10.2 Å². The number of aliphatic imine (C=N–C) groups is 1. The number of nitrogens with one attached hydrogen (secondary N) is 1. The second-order valence-corrected chi connectivity index (χ2v) is 7.08. The van der Waals surface area contributed by atoms with Gasteiger partial charge in [-0.15, -0.1) is 0 Å². The van der Waals surface area contributed by atoms with Gasteiger partial charge in [0.1, 0.15) is 5.75 Å². The Morgan fingerprint density at radius 2 is 1.97 bits per heavy atom. The number of nitrogens with two attached hydrogens (primary N) is 1. The van der Waals surface area contributed by atoms with Crippen molar-refractivity contribution in [3.63, 3.8) is 0 Å². The summed E-state index contributed by atoms with van der Waals surface area (Å²) in [5, 5.41) is 5.62. The van der Waals surface area contributed by atoms with Gasteiger partial charge in [0, 0.05) is 32.1 Å². The van der Waals surface area contributed by atoms with E-state index in [1.807, 2.05) is 25.1 Å². The van der Waals surface area contributed by atoms with Crippen molar-refractivity contribution in [3.8, 4) is 5.75 Å². The molecule has 0 unspecified atom stereocenters. The van der Waals surface area contributed by atoms with Gasteiger partial charge in [-0.05, 0) is 42.7 Å². The zero-order valence-electron chi connectivity index (χ0n) is 17.0. The van der Waals surface area contributed by atoms with Crippen molar-refractivity contribution >= 4 is 22.8 Å². The lowest BCUT2D eigenvalue weighted by Crippen LogP contribution is -2.48. The van der Waals surface area contributed by atoms with Crippen molar-refractivity contribution in [1.29, 1.82) is 0 Å². The Hall–Kier alpha value is -2.96. The molecule has 1 aliphatic rings. The van der Waals surface area contributed by atoms with Crippen LogP contribution in [0.4, 0.5) is 4.79 Å². The number of hydrogen-bond donors (Lipinski definition) is 2. The van der Waals surface area contributed by atoms with E-state index in [2.05, 4.69) is 34.6 Å². The summed E-state index contributed by atoms with van der Waals surface area (Å²) in [5.41, 5.74) is 6.00. The van der Waals surface area contributed by atoms with E-state index in [1.54, 1.807) is 4.90 Å². The van der Waals surface area contributed by atoms with E-state index >= 15 is 0 Å². The van der Waals surface area contributed by atoms with Crippen molar-refractivity contribution in [2.75, 3.05) is 32.8 Å². The van der Waals surface area contributed by atoms with E-state index in [0.29, 0.717) is 38.8 Å². The fourth-order valence-electron chi connectivity index (χ4n) is 3.39. The predicted molar refractivity (Wildman–Crippen MR) is 115 cm³/mol. The van der Waals surface area contributed by atoms with Crippen LogP contribution in [-0.2, 0) is 4.74 Å². The molecule has 1 saturated heterocycles. The topological polar surface area (TPSA) is 89.2 Å². The lowest BCUT2D eigenvalue weighted by Gasteiger charge is -2.31. The van der Waals surface area contributed by atoms with Crippen molar-refractivity contribution in [3.05, 3.63) is 42.5 Å². The number of hydrogen-bond acceptors (Lipinski definition) is 4. The number of carbonyl (C=O) groups is 1. The smallest absolute Gasteiger partial charge is 0.409 e. The molecular formula is C22H30N4O3. The standard InChI is InChI=1S/C22H30N4O3/c1-2-28-22(27)26-13-10-19(11-14-26)25-21(23)24-12-5-15-29-20-9-8-17-6-3-4-7-18(17)16-20/h3-4,6-9,16,19H,2,5,10-15H2,1H3,(H3,23,24,25). The Balaban J connectivity index is 1.33. The normalized spacial score (nSPS) is 15.3. The first-order valence-electron chi connectivity index (χ1n) is 10.3. The van der Waals surface area contributed by atoms with Crippen LogP contribution >= 0.6 is 0 Å². The summed E-state index contributed by atoms with van der Waals surface area (Å²) >= 11 is 0. The highest BCUT2D eigenvalue weighted by Crippen LogP contribution is 2.20. The first-order valence-corrected chi connectivity index (χ1v) is 10.3. The SMILES string of the molecule is CCOC(=O)N1CCC(NC(N)=NCCCOc2ccc3ccccc3c2)CC1. The molecule has 0 aliphatic carbocycles. The predicted octanol–water partition coefficient (Wildman–Crippen LogP) is 3.13. The quantitative estimate of drug-likeness (QED) is 0.425. The Kier molecular flexibility index (Phi) is 7.55. The maximum atomic E-state index is 11.7. The number of ether oxygens (including phenoxy) is 2. The molecule has 2 aromatic rings. The number of rotatable bonds is 7. The minimum Gasteiger partial charge on any atom is -0.494 e. The van der Waals surface area contributed by atoms with E-state index in [9.17, 15) is 4.79 Å². The van der Waals surface area contributed by atoms with Gasteiger partial charge in [-0.3, -0.25) is 4.99 Å². The fraction of sp³-hybridized carbons (Fsp3) is 0.455. The van der Waals surface area contributed by atoms with Gasteiger partial charge in [-0.1, -0.05) is 30.3 Å². The van der Waals surface area contributed by atoms with Gasteiger partial charge in [0.25, 0.3) is 0 Å². The molecule has 156 valence electrons. The van der Waals surface area contributed by atoms with Gasteiger partial charge in [-0.25, -0.2) is 4.79 Å². The average molecular weight is 399 g/mol. The summed E-state index contributed by atoms with van der Waals surface area (Å²) in [7, 11) is 0. The molecule has 3 N–H and O–H groups in total. The number of carbonyl (C=O) groups excluding carboxylic acids is 1. The summed E-state index contributed by atoms with van der Waals surface area (Å²) in [6.07, 6.45) is 2.22. The van der Waals surface area contributed by atoms with Crippen molar-refractivity contribution in [2.24, 2.45) is 10.7 Å². The molecule has 0 radical (unpaired) electrons. The summed E-state index contributed by atoms with van der Waals surface area (Å²) in [4.78, 5) is 17.8. The zero-order chi connectivity index (χ0) is 20.5. The molecule has 7 heteroatoms. The number of nitrogens with zero attached hydrogens (tertiary/aromatic N) is 2. The Bertz CT molecular complexity index is 832. The van der Waals surface area contributed by atoms with E-state index < -0.39 is 0 Å². The van der Waals surface area contributed by atoms with Crippen LogP contribution in [0.25, 0.3) is 10.8 Å². The third kappa shape index (κ3) is 6.27. The Morgan fingerprint density at radius 3 is 2.72 bits per heavy atom. The minimum atomic E-state index is -0.237. The highest BCUT2D eigenvalue weighted by atomic mass is 16.6.